The number of ether oxygens (including phenoxy) is 1. The zero-order chi connectivity index (χ0) is 24.3. The fourth-order valence-electron chi connectivity index (χ4n) is 3.78. The Morgan fingerprint density at radius 3 is 2.38 bits per heavy atom. The topological polar surface area (TPSA) is 73.2 Å². The molecule has 3 rings (SSSR count). The van der Waals surface area contributed by atoms with Crippen LogP contribution in [0.5, 0.6) is 0 Å². The maximum absolute atomic E-state index is 13.5. The summed E-state index contributed by atoms with van der Waals surface area (Å²) in [5, 5.41) is 3.43. The Morgan fingerprint density at radius 1 is 1.06 bits per heavy atom. The highest BCUT2D eigenvalue weighted by molar-refractivity contribution is 6.32. The van der Waals surface area contributed by atoms with E-state index >= 15 is 0 Å². The first-order valence-electron chi connectivity index (χ1n) is 11.8. The van der Waals surface area contributed by atoms with Crippen molar-refractivity contribution in [2.24, 2.45) is 0 Å². The highest BCUT2D eigenvalue weighted by atomic mass is 35.5. The summed E-state index contributed by atoms with van der Waals surface area (Å²) in [5.41, 5.74) is 1.58. The molecule has 34 heavy (non-hydrogen) atoms. The Hall–Kier alpha value is -3.12. The van der Waals surface area contributed by atoms with Gasteiger partial charge in [0.05, 0.1) is 5.69 Å². The van der Waals surface area contributed by atoms with Crippen LogP contribution in [0.15, 0.2) is 65.5 Å². The molecule has 0 aliphatic heterocycles. The first-order valence-corrected chi connectivity index (χ1v) is 12.2. The summed E-state index contributed by atoms with van der Waals surface area (Å²) in [6.45, 7) is 4.10. The number of rotatable bonds is 12. The molecule has 0 saturated heterocycles. The quantitative estimate of drug-likeness (QED) is 0.251. The molecular formula is C27H32ClN3O3. The highest BCUT2D eigenvalue weighted by Gasteiger charge is 2.21. The van der Waals surface area contributed by atoms with Crippen molar-refractivity contribution in [1.82, 2.24) is 9.55 Å². The smallest absolute Gasteiger partial charge is 0.326 e. The molecule has 0 radical (unpaired) electrons. The highest BCUT2D eigenvalue weighted by Crippen LogP contribution is 2.26. The molecule has 0 spiro atoms. The number of anilines is 1. The van der Waals surface area contributed by atoms with E-state index in [0.29, 0.717) is 11.3 Å². The molecule has 2 aromatic carbocycles. The predicted octanol–water partition coefficient (Wildman–Crippen LogP) is 6.08. The number of hydrogen-bond donors (Lipinski definition) is 1. The third kappa shape index (κ3) is 6.94. The van der Waals surface area contributed by atoms with E-state index in [1.165, 1.54) is 4.57 Å². The van der Waals surface area contributed by atoms with Gasteiger partial charge < -0.3 is 10.1 Å². The fraction of sp³-hybridized carbons (Fsp3) is 0.370. The zero-order valence-corrected chi connectivity index (χ0v) is 20.6. The van der Waals surface area contributed by atoms with Crippen molar-refractivity contribution in [2.75, 3.05) is 5.32 Å². The number of esters is 1. The van der Waals surface area contributed by atoms with Crippen molar-refractivity contribution in [2.45, 2.75) is 65.1 Å². The van der Waals surface area contributed by atoms with Gasteiger partial charge in [-0.05, 0) is 18.4 Å². The van der Waals surface area contributed by atoms with E-state index in [1.54, 1.807) is 0 Å². The van der Waals surface area contributed by atoms with E-state index < -0.39 is 11.5 Å². The molecule has 1 aromatic heterocycles. The van der Waals surface area contributed by atoms with Crippen LogP contribution in [0.1, 0.15) is 51.5 Å². The van der Waals surface area contributed by atoms with Crippen LogP contribution in [-0.2, 0) is 22.7 Å². The molecule has 6 nitrogen and oxygen atoms in total. The van der Waals surface area contributed by atoms with Crippen LogP contribution in [0.4, 0.5) is 5.82 Å². The number of aromatic nitrogens is 2. The molecular weight excluding hydrogens is 450 g/mol. The van der Waals surface area contributed by atoms with Gasteiger partial charge in [0.2, 0.25) is 0 Å². The van der Waals surface area contributed by atoms with Crippen molar-refractivity contribution in [3.8, 4) is 11.3 Å². The second kappa shape index (κ2) is 12.9. The molecule has 0 aliphatic carbocycles. The number of hydrogen-bond acceptors (Lipinski definition) is 5. The second-order valence-corrected chi connectivity index (χ2v) is 8.61. The predicted molar refractivity (Wildman–Crippen MR) is 137 cm³/mol. The summed E-state index contributed by atoms with van der Waals surface area (Å²) in [5.74, 6) is -0.366. The van der Waals surface area contributed by atoms with E-state index in [-0.39, 0.29) is 30.2 Å². The Labute approximate surface area is 205 Å². The third-order valence-corrected chi connectivity index (χ3v) is 5.95. The molecule has 1 heterocycles. The van der Waals surface area contributed by atoms with Gasteiger partial charge in [0.1, 0.15) is 13.2 Å². The number of benzene rings is 2. The Balaban J connectivity index is 1.90. The normalized spacial score (nSPS) is 11.7. The van der Waals surface area contributed by atoms with Gasteiger partial charge in [-0.1, -0.05) is 105 Å². The van der Waals surface area contributed by atoms with E-state index in [4.69, 9.17) is 16.3 Å². The van der Waals surface area contributed by atoms with Crippen molar-refractivity contribution in [3.63, 3.8) is 0 Å². The van der Waals surface area contributed by atoms with Crippen LogP contribution in [0, 0.1) is 0 Å². The van der Waals surface area contributed by atoms with Gasteiger partial charge in [-0.15, -0.1) is 0 Å². The lowest BCUT2D eigenvalue weighted by Gasteiger charge is -2.20. The van der Waals surface area contributed by atoms with Gasteiger partial charge in [0.15, 0.2) is 11.0 Å². The number of halogens is 1. The van der Waals surface area contributed by atoms with E-state index in [2.05, 4.69) is 24.1 Å². The molecule has 3 aromatic rings. The Bertz CT molecular complexity index is 1120. The lowest BCUT2D eigenvalue weighted by Crippen LogP contribution is -2.32. The summed E-state index contributed by atoms with van der Waals surface area (Å²) in [7, 11) is 0. The van der Waals surface area contributed by atoms with Crippen LogP contribution in [0.25, 0.3) is 11.3 Å². The Kier molecular flexibility index (Phi) is 9.71. The minimum atomic E-state index is -0.522. The summed E-state index contributed by atoms with van der Waals surface area (Å²) >= 11 is 6.59. The number of carbonyl (C=O) groups excluding carboxylic acids is 1. The maximum atomic E-state index is 13.5. The van der Waals surface area contributed by atoms with Crippen LogP contribution in [0.2, 0.25) is 5.15 Å². The van der Waals surface area contributed by atoms with Gasteiger partial charge in [-0.3, -0.25) is 14.2 Å². The molecule has 1 N–H and O–H groups in total. The van der Waals surface area contributed by atoms with Gasteiger partial charge in [-0.25, -0.2) is 4.98 Å². The molecule has 0 amide bonds. The molecule has 1 unspecified atom stereocenters. The number of carbonyl (C=O) groups is 1. The number of nitrogens with zero attached hydrogens (tertiary/aromatic N) is 2. The summed E-state index contributed by atoms with van der Waals surface area (Å²) in [6, 6.07) is 18.8. The van der Waals surface area contributed by atoms with Crippen LogP contribution in [0.3, 0.4) is 0 Å². The van der Waals surface area contributed by atoms with Crippen LogP contribution < -0.4 is 10.9 Å². The van der Waals surface area contributed by atoms with Crippen molar-refractivity contribution in [3.05, 3.63) is 81.7 Å². The lowest BCUT2D eigenvalue weighted by molar-refractivity contribution is -0.145. The SMILES string of the molecule is CCCCCC(CC)Nc1nc(Cl)c(-c2ccccc2)n(CC(=O)OCc2ccccc2)c1=O. The molecule has 0 saturated carbocycles. The van der Waals surface area contributed by atoms with Crippen LogP contribution >= 0.6 is 11.6 Å². The monoisotopic (exact) mass is 481 g/mol. The van der Waals surface area contributed by atoms with Crippen molar-refractivity contribution in [1.29, 1.82) is 0 Å². The number of unbranched alkanes of at least 4 members (excludes halogenated alkanes) is 2. The fourth-order valence-corrected chi connectivity index (χ4v) is 4.08. The van der Waals surface area contributed by atoms with Crippen molar-refractivity contribution < 1.29 is 9.53 Å². The first-order chi connectivity index (χ1) is 16.5. The standard InChI is InChI=1S/C27H32ClN3O3/c1-3-5-8-17-22(4-2)29-26-27(33)31(18-23(32)34-19-20-13-9-6-10-14-20)24(25(28)30-26)21-15-11-7-12-16-21/h6-7,9-16,22H,3-5,8,17-19H2,1-2H3,(H,29,30). The third-order valence-electron chi connectivity index (χ3n) is 5.69. The first kappa shape index (κ1) is 25.5. The molecule has 0 aliphatic rings. The van der Waals surface area contributed by atoms with Crippen LogP contribution in [-0.4, -0.2) is 21.6 Å². The average molecular weight is 482 g/mol. The minimum Gasteiger partial charge on any atom is -0.459 e. The summed E-state index contributed by atoms with van der Waals surface area (Å²) in [4.78, 5) is 30.6. The minimum absolute atomic E-state index is 0.101. The number of nitrogens with one attached hydrogen (secondary N) is 1. The van der Waals surface area contributed by atoms with E-state index in [1.807, 2.05) is 60.7 Å². The second-order valence-electron chi connectivity index (χ2n) is 8.25. The molecule has 7 heteroatoms. The van der Waals surface area contributed by atoms with Gasteiger partial charge in [0, 0.05) is 11.6 Å². The Morgan fingerprint density at radius 2 is 1.74 bits per heavy atom. The molecule has 0 bridgehead atoms. The molecule has 0 fully saturated rings. The summed E-state index contributed by atoms with van der Waals surface area (Å²) < 4.78 is 6.80. The largest absolute Gasteiger partial charge is 0.459 e. The molecule has 180 valence electrons. The lowest BCUT2D eigenvalue weighted by atomic mass is 10.1. The molecule has 1 atom stereocenters. The summed E-state index contributed by atoms with van der Waals surface area (Å²) in [6.07, 6.45) is 5.11. The van der Waals surface area contributed by atoms with Crippen molar-refractivity contribution >= 4 is 23.4 Å². The van der Waals surface area contributed by atoms with Gasteiger partial charge in [0.25, 0.3) is 5.56 Å². The van der Waals surface area contributed by atoms with Gasteiger partial charge >= 0.3 is 5.97 Å². The van der Waals surface area contributed by atoms with E-state index in [9.17, 15) is 9.59 Å². The maximum Gasteiger partial charge on any atom is 0.326 e. The van der Waals surface area contributed by atoms with Gasteiger partial charge in [-0.2, -0.15) is 0 Å². The zero-order valence-electron chi connectivity index (χ0n) is 19.8. The average Bonchev–Trinajstić information content (AvgIpc) is 2.86. The van der Waals surface area contributed by atoms with E-state index in [0.717, 1.165) is 37.7 Å².